The molecule has 0 saturated heterocycles. The third kappa shape index (κ3) is 4.18. The van der Waals surface area contributed by atoms with E-state index in [0.717, 1.165) is 43.4 Å². The SMILES string of the molecule is CCc1n([C@H]2CC[C@@H](C(C(N)=O)(c3ccccc3)c3ccccc3)C2)cc[n+]1Cc1ccccc1. The lowest BCUT2D eigenvalue weighted by Crippen LogP contribution is -2.47. The van der Waals surface area contributed by atoms with Crippen LogP contribution in [0.15, 0.2) is 103 Å². The van der Waals surface area contributed by atoms with Gasteiger partial charge in [0.1, 0.15) is 30.4 Å². The van der Waals surface area contributed by atoms with Crippen molar-refractivity contribution in [1.29, 1.82) is 0 Å². The van der Waals surface area contributed by atoms with Gasteiger partial charge in [-0.15, -0.1) is 0 Å². The molecule has 2 N–H and O–H groups in total. The average molecular weight is 465 g/mol. The van der Waals surface area contributed by atoms with Crippen LogP contribution in [0.25, 0.3) is 0 Å². The summed E-state index contributed by atoms with van der Waals surface area (Å²) in [5.74, 6) is 1.19. The molecule has 0 spiro atoms. The molecule has 1 aromatic heterocycles. The van der Waals surface area contributed by atoms with Crippen LogP contribution in [0.4, 0.5) is 0 Å². The molecule has 0 radical (unpaired) electrons. The van der Waals surface area contributed by atoms with E-state index in [1.165, 1.54) is 11.4 Å². The fourth-order valence-electron chi connectivity index (χ4n) is 6.24. The Labute approximate surface area is 208 Å². The monoisotopic (exact) mass is 464 g/mol. The molecule has 1 saturated carbocycles. The Morgan fingerprint density at radius 1 is 0.914 bits per heavy atom. The van der Waals surface area contributed by atoms with Crippen molar-refractivity contribution >= 4 is 5.91 Å². The molecule has 1 heterocycles. The third-order valence-corrected chi connectivity index (χ3v) is 7.81. The molecule has 35 heavy (non-hydrogen) atoms. The van der Waals surface area contributed by atoms with Gasteiger partial charge < -0.3 is 5.73 Å². The Hall–Kier alpha value is -3.66. The van der Waals surface area contributed by atoms with Crippen molar-refractivity contribution in [2.75, 3.05) is 0 Å². The average Bonchev–Trinajstić information content (AvgIpc) is 3.54. The van der Waals surface area contributed by atoms with Gasteiger partial charge in [0.25, 0.3) is 5.82 Å². The van der Waals surface area contributed by atoms with E-state index in [4.69, 9.17) is 5.73 Å². The number of primary amides is 1. The molecule has 4 aromatic rings. The smallest absolute Gasteiger partial charge is 0.256 e. The van der Waals surface area contributed by atoms with Crippen molar-refractivity contribution in [2.24, 2.45) is 11.7 Å². The summed E-state index contributed by atoms with van der Waals surface area (Å²) >= 11 is 0. The fourth-order valence-corrected chi connectivity index (χ4v) is 6.24. The molecule has 0 unspecified atom stereocenters. The van der Waals surface area contributed by atoms with Crippen molar-refractivity contribution in [1.82, 2.24) is 4.57 Å². The molecule has 1 aliphatic rings. The van der Waals surface area contributed by atoms with E-state index >= 15 is 0 Å². The summed E-state index contributed by atoms with van der Waals surface area (Å²) in [7, 11) is 0. The minimum absolute atomic E-state index is 0.129. The van der Waals surface area contributed by atoms with E-state index in [1.54, 1.807) is 0 Å². The molecule has 1 amide bonds. The van der Waals surface area contributed by atoms with Crippen LogP contribution in [-0.2, 0) is 23.2 Å². The molecule has 0 bridgehead atoms. The number of nitrogens with two attached hydrogens (primary N) is 1. The van der Waals surface area contributed by atoms with Crippen molar-refractivity contribution in [3.63, 3.8) is 0 Å². The van der Waals surface area contributed by atoms with E-state index in [9.17, 15) is 4.79 Å². The molecule has 3 aromatic carbocycles. The summed E-state index contributed by atoms with van der Waals surface area (Å²) in [5.41, 5.74) is 8.75. The van der Waals surface area contributed by atoms with Crippen LogP contribution in [0, 0.1) is 5.92 Å². The van der Waals surface area contributed by atoms with Gasteiger partial charge in [-0.2, -0.15) is 0 Å². The minimum atomic E-state index is -0.836. The highest BCUT2D eigenvalue weighted by molar-refractivity contribution is 5.91. The zero-order chi connectivity index (χ0) is 24.3. The predicted molar refractivity (Wildman–Crippen MR) is 139 cm³/mol. The molecule has 2 atom stereocenters. The van der Waals surface area contributed by atoms with E-state index in [-0.39, 0.29) is 11.8 Å². The topological polar surface area (TPSA) is 51.9 Å². The molecule has 4 nitrogen and oxygen atoms in total. The molecule has 0 aliphatic heterocycles. The van der Waals surface area contributed by atoms with Crippen molar-refractivity contribution in [3.05, 3.63) is 126 Å². The number of carbonyl (C=O) groups is 1. The quantitative estimate of drug-likeness (QED) is 0.358. The summed E-state index contributed by atoms with van der Waals surface area (Å²) in [4.78, 5) is 13.4. The maximum Gasteiger partial charge on any atom is 0.256 e. The van der Waals surface area contributed by atoms with Gasteiger partial charge in [-0.1, -0.05) is 97.9 Å². The number of benzene rings is 3. The highest BCUT2D eigenvalue weighted by Crippen LogP contribution is 2.50. The second-order valence-corrected chi connectivity index (χ2v) is 9.66. The van der Waals surface area contributed by atoms with Gasteiger partial charge in [0.05, 0.1) is 0 Å². The number of imidazole rings is 1. The number of hydrogen-bond donors (Lipinski definition) is 1. The fraction of sp³-hybridized carbons (Fsp3) is 0.290. The number of hydrogen-bond acceptors (Lipinski definition) is 1. The summed E-state index contributed by atoms with van der Waals surface area (Å²) < 4.78 is 4.81. The third-order valence-electron chi connectivity index (χ3n) is 7.81. The van der Waals surface area contributed by atoms with Gasteiger partial charge in [-0.25, -0.2) is 9.13 Å². The lowest BCUT2D eigenvalue weighted by Gasteiger charge is -2.37. The van der Waals surface area contributed by atoms with Crippen molar-refractivity contribution in [3.8, 4) is 0 Å². The second-order valence-electron chi connectivity index (χ2n) is 9.66. The molecule has 4 heteroatoms. The largest absolute Gasteiger partial charge is 0.369 e. The molecule has 178 valence electrons. The van der Waals surface area contributed by atoms with Crippen LogP contribution in [0.3, 0.4) is 0 Å². The second kappa shape index (κ2) is 9.91. The maximum absolute atomic E-state index is 13.4. The van der Waals surface area contributed by atoms with Crippen LogP contribution in [-0.4, -0.2) is 10.5 Å². The normalized spacial score (nSPS) is 18.0. The molecule has 1 aliphatic carbocycles. The number of aromatic nitrogens is 2. The Bertz CT molecular complexity index is 1230. The van der Waals surface area contributed by atoms with Crippen LogP contribution in [0.1, 0.15) is 54.7 Å². The molecular formula is C31H34N3O+. The molecule has 1 fully saturated rings. The van der Waals surface area contributed by atoms with Gasteiger partial charge in [-0.05, 0) is 41.9 Å². The lowest BCUT2D eigenvalue weighted by molar-refractivity contribution is -0.695. The van der Waals surface area contributed by atoms with Crippen LogP contribution >= 0.6 is 0 Å². The highest BCUT2D eigenvalue weighted by atomic mass is 16.1. The predicted octanol–water partition coefficient (Wildman–Crippen LogP) is 5.20. The Morgan fingerprint density at radius 2 is 1.49 bits per heavy atom. The molecule has 5 rings (SSSR count). The van der Waals surface area contributed by atoms with Gasteiger partial charge in [0.2, 0.25) is 5.91 Å². The zero-order valence-corrected chi connectivity index (χ0v) is 20.4. The summed E-state index contributed by atoms with van der Waals surface area (Å²) in [5, 5.41) is 0. The van der Waals surface area contributed by atoms with E-state index in [1.807, 2.05) is 36.4 Å². The first kappa shape index (κ1) is 23.1. The number of nitrogens with zero attached hydrogens (tertiary/aromatic N) is 2. The van der Waals surface area contributed by atoms with Gasteiger partial charge in [0, 0.05) is 6.42 Å². The van der Waals surface area contributed by atoms with Crippen molar-refractivity contribution < 1.29 is 9.36 Å². The number of amides is 1. The van der Waals surface area contributed by atoms with Gasteiger partial charge >= 0.3 is 0 Å². The number of carbonyl (C=O) groups excluding carboxylic acids is 1. The minimum Gasteiger partial charge on any atom is -0.369 e. The first-order valence-electron chi connectivity index (χ1n) is 12.7. The van der Waals surface area contributed by atoms with Crippen molar-refractivity contribution in [2.45, 2.75) is 50.6 Å². The first-order valence-corrected chi connectivity index (χ1v) is 12.7. The first-order chi connectivity index (χ1) is 17.1. The summed E-state index contributed by atoms with van der Waals surface area (Å²) in [6.45, 7) is 3.09. The van der Waals surface area contributed by atoms with E-state index in [2.05, 4.69) is 83.0 Å². The zero-order valence-electron chi connectivity index (χ0n) is 20.4. The standard InChI is InChI=1S/C31H33N3O/c1-2-29-33(23-24-12-6-3-7-13-24)20-21-34(29)28-19-18-27(22-28)31(30(32)35,25-14-8-4-9-15-25)26-16-10-5-11-17-26/h3-17,20-21,27-28H,2,18-19,22-23H2,1H3,(H-,32,35)/p+1/t27-,28+/m1/s1. The number of rotatable bonds is 8. The van der Waals surface area contributed by atoms with Crippen LogP contribution < -0.4 is 10.3 Å². The highest BCUT2D eigenvalue weighted by Gasteiger charge is 2.51. The van der Waals surface area contributed by atoms with Crippen LogP contribution in [0.5, 0.6) is 0 Å². The van der Waals surface area contributed by atoms with Gasteiger partial charge in [0.15, 0.2) is 0 Å². The maximum atomic E-state index is 13.4. The van der Waals surface area contributed by atoms with E-state index in [0.29, 0.717) is 6.04 Å². The Balaban J connectivity index is 1.50. The lowest BCUT2D eigenvalue weighted by atomic mass is 9.64. The summed E-state index contributed by atoms with van der Waals surface area (Å²) in [6, 6.07) is 31.2. The summed E-state index contributed by atoms with van der Waals surface area (Å²) in [6.07, 6.45) is 8.30. The molecular weight excluding hydrogens is 430 g/mol. The van der Waals surface area contributed by atoms with Gasteiger partial charge in [-0.3, -0.25) is 4.79 Å². The Morgan fingerprint density at radius 3 is 2.03 bits per heavy atom. The van der Waals surface area contributed by atoms with E-state index < -0.39 is 5.41 Å². The Kier molecular flexibility index (Phi) is 6.54. The van der Waals surface area contributed by atoms with Crippen LogP contribution in [0.2, 0.25) is 0 Å².